The first-order chi connectivity index (χ1) is 13.5. The molecule has 2 rings (SSSR count). The van der Waals surface area contributed by atoms with Gasteiger partial charge in [0.1, 0.15) is 12.1 Å². The molecular weight excluding hydrogens is 376 g/mol. The van der Waals surface area contributed by atoms with E-state index in [1.54, 1.807) is 17.8 Å². The van der Waals surface area contributed by atoms with Gasteiger partial charge in [0.15, 0.2) is 0 Å². The van der Waals surface area contributed by atoms with Crippen LogP contribution in [0.4, 0.5) is 0 Å². The second-order valence-corrected chi connectivity index (χ2v) is 7.39. The predicted molar refractivity (Wildman–Crippen MR) is 110 cm³/mol. The van der Waals surface area contributed by atoms with Crippen molar-refractivity contribution in [3.8, 4) is 0 Å². The van der Waals surface area contributed by atoms with Crippen molar-refractivity contribution in [2.24, 2.45) is 0 Å². The minimum absolute atomic E-state index is 0.260. The number of methoxy groups -OCH3 is 1. The summed E-state index contributed by atoms with van der Waals surface area (Å²) >= 11 is 1.59. The van der Waals surface area contributed by atoms with Crippen LogP contribution >= 0.6 is 11.8 Å². The number of esters is 1. The van der Waals surface area contributed by atoms with Gasteiger partial charge >= 0.3 is 5.97 Å². The molecule has 7 heteroatoms. The van der Waals surface area contributed by atoms with Crippen LogP contribution in [0.15, 0.2) is 42.0 Å². The van der Waals surface area contributed by atoms with Crippen molar-refractivity contribution in [2.45, 2.75) is 31.3 Å². The van der Waals surface area contributed by atoms with Crippen LogP contribution in [-0.4, -0.2) is 49.0 Å². The third-order valence-corrected chi connectivity index (χ3v) is 5.02. The first-order valence-corrected chi connectivity index (χ1v) is 10.5. The second-order valence-electron chi connectivity index (χ2n) is 6.41. The summed E-state index contributed by atoms with van der Waals surface area (Å²) in [6.07, 6.45) is 8.73. The fourth-order valence-corrected chi connectivity index (χ4v) is 3.30. The summed E-state index contributed by atoms with van der Waals surface area (Å²) in [5.41, 5.74) is 1.53. The minimum atomic E-state index is -0.819. The van der Waals surface area contributed by atoms with Crippen LogP contribution in [0, 0.1) is 12.8 Å². The summed E-state index contributed by atoms with van der Waals surface area (Å²) < 4.78 is 4.85. The first kappa shape index (κ1) is 22.0. The van der Waals surface area contributed by atoms with E-state index in [4.69, 9.17) is 4.74 Å². The second kappa shape index (κ2) is 11.5. The Bertz CT molecular complexity index is 706. The molecule has 0 bridgehead atoms. The number of thioether (sulfide) groups is 1. The van der Waals surface area contributed by atoms with Crippen molar-refractivity contribution in [3.05, 3.63) is 60.4 Å². The van der Waals surface area contributed by atoms with Gasteiger partial charge in [-0.15, -0.1) is 0 Å². The van der Waals surface area contributed by atoms with E-state index in [2.05, 4.69) is 10.6 Å². The molecular formula is C21H26N2O4S. The number of carbonyl (C=O) groups excluding carboxylic acids is 3. The fourth-order valence-electron chi connectivity index (χ4n) is 2.83. The van der Waals surface area contributed by atoms with Crippen LogP contribution in [0.25, 0.3) is 0 Å². The number of benzene rings is 1. The largest absolute Gasteiger partial charge is 0.467 e. The Kier molecular flexibility index (Phi) is 9.07. The predicted octanol–water partition coefficient (Wildman–Crippen LogP) is 1.86. The highest BCUT2D eigenvalue weighted by Gasteiger charge is 2.28. The number of hydrogen-bond donors (Lipinski definition) is 2. The molecule has 2 amide bonds. The average Bonchev–Trinajstić information content (AvgIpc) is 3.25. The molecule has 6 nitrogen and oxygen atoms in total. The first-order valence-electron chi connectivity index (χ1n) is 9.12. The lowest BCUT2D eigenvalue weighted by Crippen LogP contribution is -2.52. The van der Waals surface area contributed by atoms with Crippen molar-refractivity contribution in [2.75, 3.05) is 19.1 Å². The lowest BCUT2D eigenvalue weighted by Gasteiger charge is -2.22. The van der Waals surface area contributed by atoms with Gasteiger partial charge in [-0.3, -0.25) is 9.59 Å². The molecule has 28 heavy (non-hydrogen) atoms. The van der Waals surface area contributed by atoms with E-state index in [0.717, 1.165) is 5.56 Å². The van der Waals surface area contributed by atoms with E-state index >= 15 is 0 Å². The van der Waals surface area contributed by atoms with Crippen molar-refractivity contribution < 1.29 is 19.1 Å². The van der Waals surface area contributed by atoms with Crippen molar-refractivity contribution in [1.82, 2.24) is 10.6 Å². The highest BCUT2D eigenvalue weighted by molar-refractivity contribution is 7.98. The Hall–Kier alpha value is -2.28. The molecule has 1 aromatic carbocycles. The maximum absolute atomic E-state index is 12.8. The number of ether oxygens (including phenoxy) is 1. The van der Waals surface area contributed by atoms with Crippen LogP contribution in [0.2, 0.25) is 0 Å². The minimum Gasteiger partial charge on any atom is -0.467 e. The van der Waals surface area contributed by atoms with Gasteiger partial charge in [-0.25, -0.2) is 4.79 Å². The summed E-state index contributed by atoms with van der Waals surface area (Å²) in [5.74, 6) is -0.462. The standard InChI is InChI=1S/C21H26N2O4S/c1-27-21(26)18(14-15-8-4-3-5-9-15)23-20(25)17(12-13-28-2)22-19(24)16-10-6-7-11-16/h3-10,17-18H,11-14H2,1-2H3,(H,22,24)(H,23,25)/t17-,18-/m0/s1. The van der Waals surface area contributed by atoms with Gasteiger partial charge in [-0.1, -0.05) is 36.4 Å². The Morgan fingerprint density at radius 2 is 1.89 bits per heavy atom. The van der Waals surface area contributed by atoms with E-state index in [1.165, 1.54) is 7.11 Å². The van der Waals surface area contributed by atoms with Gasteiger partial charge in [0.25, 0.3) is 0 Å². The Labute approximate surface area is 170 Å². The zero-order chi connectivity index (χ0) is 20.4. The molecule has 0 heterocycles. The molecule has 1 aliphatic carbocycles. The number of allylic oxidation sites excluding steroid dienone is 1. The molecule has 1 aromatic rings. The topological polar surface area (TPSA) is 84.5 Å². The van der Waals surface area contributed by atoms with Crippen molar-refractivity contribution in [3.63, 3.8) is 0 Å². The summed E-state index contributed by atoms with van der Waals surface area (Å²) in [7, 11) is 1.29. The summed E-state index contributed by atoms with van der Waals surface area (Å²) in [6.45, 7) is 0. The van der Waals surface area contributed by atoms with Crippen molar-refractivity contribution >= 4 is 29.5 Å². The van der Waals surface area contributed by atoms with Crippen LogP contribution in [0.3, 0.4) is 0 Å². The van der Waals surface area contributed by atoms with Crippen LogP contribution in [0.5, 0.6) is 0 Å². The number of nitrogens with one attached hydrogen (secondary N) is 2. The monoisotopic (exact) mass is 402 g/mol. The van der Waals surface area contributed by atoms with Gasteiger partial charge in [-0.05, 0) is 43.3 Å². The van der Waals surface area contributed by atoms with E-state index < -0.39 is 18.1 Å². The van der Waals surface area contributed by atoms with Crippen LogP contribution in [-0.2, 0) is 25.5 Å². The molecule has 150 valence electrons. The van der Waals surface area contributed by atoms with E-state index in [1.807, 2.05) is 49.4 Å². The molecule has 0 aliphatic heterocycles. The zero-order valence-electron chi connectivity index (χ0n) is 16.1. The quantitative estimate of drug-likeness (QED) is 0.584. The van der Waals surface area contributed by atoms with Gasteiger partial charge in [0, 0.05) is 12.0 Å². The molecule has 2 atom stereocenters. The SMILES string of the molecule is COC(=O)[C@H](Cc1ccccc1)NC(=O)[C@H](CCSC)NC(=O)C1=C[CH][CH]C1. The highest BCUT2D eigenvalue weighted by Crippen LogP contribution is 2.16. The molecule has 2 radical (unpaired) electrons. The Morgan fingerprint density at radius 1 is 1.14 bits per heavy atom. The fraction of sp³-hybridized carbons (Fsp3) is 0.381. The number of carbonyl (C=O) groups is 3. The highest BCUT2D eigenvalue weighted by atomic mass is 32.2. The van der Waals surface area contributed by atoms with Gasteiger partial charge in [-0.2, -0.15) is 11.8 Å². The van der Waals surface area contributed by atoms with Gasteiger partial charge in [0.2, 0.25) is 11.8 Å². The Morgan fingerprint density at radius 3 is 2.50 bits per heavy atom. The summed E-state index contributed by atoms with van der Waals surface area (Å²) in [4.78, 5) is 37.4. The van der Waals surface area contributed by atoms with Gasteiger partial charge in [0.05, 0.1) is 7.11 Å². The number of rotatable bonds is 10. The van der Waals surface area contributed by atoms with E-state index in [-0.39, 0.29) is 11.8 Å². The molecule has 0 unspecified atom stereocenters. The van der Waals surface area contributed by atoms with Crippen LogP contribution in [0.1, 0.15) is 18.4 Å². The smallest absolute Gasteiger partial charge is 0.328 e. The van der Waals surface area contributed by atoms with Crippen molar-refractivity contribution in [1.29, 1.82) is 0 Å². The van der Waals surface area contributed by atoms with Crippen LogP contribution < -0.4 is 10.6 Å². The molecule has 0 aromatic heterocycles. The van der Waals surface area contributed by atoms with E-state index in [0.29, 0.717) is 30.6 Å². The summed E-state index contributed by atoms with van der Waals surface area (Å²) in [5, 5.41) is 5.54. The Balaban J connectivity index is 2.06. The maximum atomic E-state index is 12.8. The maximum Gasteiger partial charge on any atom is 0.328 e. The molecule has 0 saturated heterocycles. The molecule has 1 aliphatic rings. The normalized spacial score (nSPS) is 15.3. The van der Waals surface area contributed by atoms with Gasteiger partial charge < -0.3 is 15.4 Å². The lowest BCUT2D eigenvalue weighted by molar-refractivity contribution is -0.145. The molecule has 0 spiro atoms. The van der Waals surface area contributed by atoms with E-state index in [9.17, 15) is 14.4 Å². The third-order valence-electron chi connectivity index (χ3n) is 4.38. The number of amides is 2. The molecule has 2 N–H and O–H groups in total. The molecule has 0 fully saturated rings. The number of hydrogen-bond acceptors (Lipinski definition) is 5. The average molecular weight is 403 g/mol. The third kappa shape index (κ3) is 6.71. The summed E-state index contributed by atoms with van der Waals surface area (Å²) in [6, 6.07) is 7.86. The lowest BCUT2D eigenvalue weighted by atomic mass is 10.0. The molecule has 0 saturated carbocycles. The zero-order valence-corrected chi connectivity index (χ0v) is 17.0.